The molecule has 4 N–H and O–H groups in total. The summed E-state index contributed by atoms with van der Waals surface area (Å²) in [7, 11) is -5.73. The quantitative estimate of drug-likeness (QED) is 0.331. The van der Waals surface area contributed by atoms with Gasteiger partial charge in [0.1, 0.15) is 0 Å². The molecule has 0 heterocycles. The van der Waals surface area contributed by atoms with Gasteiger partial charge in [0.15, 0.2) is 5.85 Å². The Morgan fingerprint density at radius 3 is 1.93 bits per heavy atom. The number of rotatable bonds is 4. The van der Waals surface area contributed by atoms with E-state index in [2.05, 4.69) is 4.18 Å². The zero-order valence-corrected chi connectivity index (χ0v) is 10.2. The van der Waals surface area contributed by atoms with E-state index >= 15 is 0 Å². The molecular weight excluding hydrogens is 326 g/mol. The summed E-state index contributed by atoms with van der Waals surface area (Å²) in [6.45, 7) is 1.57. The molecule has 0 atom stereocenters. The normalized spacial score (nSPS) is 13.5. The topological polar surface area (TPSA) is 95.4 Å². The zero-order chi connectivity index (χ0) is 11.6. The van der Waals surface area contributed by atoms with Crippen molar-refractivity contribution in [2.24, 2.45) is 11.5 Å². The van der Waals surface area contributed by atoms with Gasteiger partial charge in [0.2, 0.25) is 0 Å². The van der Waals surface area contributed by atoms with Gasteiger partial charge < -0.3 is 0 Å². The molecule has 0 bridgehead atoms. The molecule has 0 spiro atoms. The van der Waals surface area contributed by atoms with Gasteiger partial charge in [0.25, 0.3) is 0 Å². The van der Waals surface area contributed by atoms with Gasteiger partial charge in [0, 0.05) is 25.9 Å². The van der Waals surface area contributed by atoms with Crippen LogP contribution in [0.1, 0.15) is 19.8 Å². The van der Waals surface area contributed by atoms with E-state index in [0.29, 0.717) is 6.42 Å². The molecule has 0 saturated heterocycles. The first-order chi connectivity index (χ1) is 6.02. The van der Waals surface area contributed by atoms with Crippen molar-refractivity contribution in [3.63, 3.8) is 0 Å². The monoisotopic (exact) mass is 338 g/mol. The number of alkyl halides is 3. The van der Waals surface area contributed by atoms with Crippen molar-refractivity contribution in [3.05, 3.63) is 0 Å². The van der Waals surface area contributed by atoms with Crippen LogP contribution in [0.2, 0.25) is 0 Å². The summed E-state index contributed by atoms with van der Waals surface area (Å²) >= 11 is 0. The largest absolute Gasteiger partial charge is 0.523 e. The molecule has 5 nitrogen and oxygen atoms in total. The molecule has 0 unspecified atom stereocenters. The summed E-state index contributed by atoms with van der Waals surface area (Å²) in [4.78, 5) is 0. The minimum Gasteiger partial charge on any atom is -0.290 e. The maximum absolute atomic E-state index is 11.8. The van der Waals surface area contributed by atoms with Gasteiger partial charge in [-0.1, -0.05) is 13.3 Å². The maximum atomic E-state index is 11.8. The molecule has 0 amide bonds. The molecule has 0 aromatic heterocycles. The summed E-state index contributed by atoms with van der Waals surface area (Å²) in [5, 5.41) is 0. The fourth-order valence-electron chi connectivity index (χ4n) is 0.684. The van der Waals surface area contributed by atoms with Crippen molar-refractivity contribution in [2.75, 3.05) is 0 Å². The molecule has 10 heteroatoms. The number of nitrogens with two attached hydrogens (primary N) is 2. The van der Waals surface area contributed by atoms with Crippen molar-refractivity contribution in [2.45, 2.75) is 31.1 Å². The van der Waals surface area contributed by atoms with Crippen LogP contribution >= 0.6 is 0 Å². The third-order valence-electron chi connectivity index (χ3n) is 1.19. The Morgan fingerprint density at radius 1 is 1.27 bits per heavy atom. The van der Waals surface area contributed by atoms with E-state index in [-0.39, 0.29) is 25.9 Å². The van der Waals surface area contributed by atoms with E-state index in [1.807, 2.05) is 0 Å². The summed E-state index contributed by atoms with van der Waals surface area (Å²) in [6.07, 6.45) is 0.0860. The fraction of sp³-hybridized carbons (Fsp3) is 1.00. The van der Waals surface area contributed by atoms with Crippen LogP contribution in [0.5, 0.6) is 0 Å². The van der Waals surface area contributed by atoms with Crippen LogP contribution in [-0.2, 0) is 33.8 Å². The van der Waals surface area contributed by atoms with E-state index in [4.69, 9.17) is 11.5 Å². The Bertz CT molecular complexity index is 290. The molecule has 0 aliphatic rings. The standard InChI is InChI=1S/C5H11F3N2O3S.Ru/c1-2-3-4(9,10)13-14(11,12)5(6,7)8;/h2-3,9-10H2,1H3;. The summed E-state index contributed by atoms with van der Waals surface area (Å²) in [5.74, 6) is -2.32. The van der Waals surface area contributed by atoms with Crippen LogP contribution in [0.3, 0.4) is 0 Å². The van der Waals surface area contributed by atoms with Crippen LogP contribution in [0.25, 0.3) is 0 Å². The van der Waals surface area contributed by atoms with Gasteiger partial charge in [-0.3, -0.25) is 11.5 Å². The molecule has 0 fully saturated rings. The minimum atomic E-state index is -5.73. The average Bonchev–Trinajstić information content (AvgIpc) is 1.80. The van der Waals surface area contributed by atoms with E-state index in [0.717, 1.165) is 0 Å². The van der Waals surface area contributed by atoms with E-state index in [1.165, 1.54) is 0 Å². The second-order valence-electron chi connectivity index (χ2n) is 2.69. The smallest absolute Gasteiger partial charge is 0.290 e. The fourth-order valence-corrected chi connectivity index (χ4v) is 1.27. The second-order valence-corrected chi connectivity index (χ2v) is 4.23. The molecule has 15 heavy (non-hydrogen) atoms. The molecule has 0 aliphatic heterocycles. The third kappa shape index (κ3) is 5.77. The first-order valence-corrected chi connectivity index (χ1v) is 5.02. The third-order valence-corrected chi connectivity index (χ3v) is 2.29. The van der Waals surface area contributed by atoms with E-state index in [9.17, 15) is 21.6 Å². The predicted octanol–water partition coefficient (Wildman–Crippen LogP) is 0.221. The van der Waals surface area contributed by atoms with Crippen molar-refractivity contribution >= 4 is 10.1 Å². The first kappa shape index (κ1) is 17.6. The summed E-state index contributed by atoms with van der Waals surface area (Å²) in [5.41, 5.74) is 4.46. The summed E-state index contributed by atoms with van der Waals surface area (Å²) in [6, 6.07) is 0. The van der Waals surface area contributed by atoms with Crippen LogP contribution in [0, 0.1) is 0 Å². The second kappa shape index (κ2) is 5.54. The van der Waals surface area contributed by atoms with E-state index in [1.54, 1.807) is 6.92 Å². The van der Waals surface area contributed by atoms with Gasteiger partial charge in [-0.15, -0.1) is 0 Å². The molecule has 0 aromatic carbocycles. The van der Waals surface area contributed by atoms with Crippen LogP contribution in [0.15, 0.2) is 0 Å². The minimum absolute atomic E-state index is 0. The average molecular weight is 337 g/mol. The first-order valence-electron chi connectivity index (χ1n) is 3.61. The zero-order valence-electron chi connectivity index (χ0n) is 7.69. The van der Waals surface area contributed by atoms with Crippen molar-refractivity contribution < 1.29 is 45.3 Å². The van der Waals surface area contributed by atoms with Gasteiger partial charge in [-0.25, -0.2) is 4.18 Å². The van der Waals surface area contributed by atoms with E-state index < -0.39 is 21.5 Å². The molecule has 0 saturated carbocycles. The van der Waals surface area contributed by atoms with Crippen LogP contribution in [-0.4, -0.2) is 19.8 Å². The molecule has 0 rings (SSSR count). The van der Waals surface area contributed by atoms with Crippen molar-refractivity contribution in [3.8, 4) is 0 Å². The van der Waals surface area contributed by atoms with Crippen molar-refractivity contribution in [1.82, 2.24) is 0 Å². The Morgan fingerprint density at radius 2 is 1.67 bits per heavy atom. The van der Waals surface area contributed by atoms with Crippen molar-refractivity contribution in [1.29, 1.82) is 0 Å². The Hall–Kier alpha value is 0.243. The maximum Gasteiger partial charge on any atom is 0.523 e. The molecule has 0 aromatic rings. The Kier molecular flexibility index (Phi) is 6.51. The van der Waals surface area contributed by atoms with Gasteiger partial charge in [-0.05, 0) is 0 Å². The number of hydrogen-bond donors (Lipinski definition) is 2. The molecular formula is C5H11F3N2O3RuS. The van der Waals surface area contributed by atoms with Gasteiger partial charge in [0.05, 0.1) is 0 Å². The number of halogens is 3. The van der Waals surface area contributed by atoms with Crippen LogP contribution < -0.4 is 11.5 Å². The molecule has 0 aliphatic carbocycles. The predicted molar refractivity (Wildman–Crippen MR) is 42.1 cm³/mol. The van der Waals surface area contributed by atoms with Gasteiger partial charge in [-0.2, -0.15) is 21.6 Å². The van der Waals surface area contributed by atoms with Crippen LogP contribution in [0.4, 0.5) is 13.2 Å². The molecule has 0 radical (unpaired) electrons. The number of hydrogen-bond acceptors (Lipinski definition) is 5. The summed E-state index contributed by atoms with van der Waals surface area (Å²) < 4.78 is 59.8. The van der Waals surface area contributed by atoms with Gasteiger partial charge >= 0.3 is 15.6 Å². The Balaban J connectivity index is 0. The SMILES string of the molecule is CCCC(N)(N)OS(=O)(=O)C(F)(F)F.[Ru]. The molecule has 94 valence electrons. The Labute approximate surface area is 98.2 Å².